The van der Waals surface area contributed by atoms with Gasteiger partial charge >= 0.3 is 6.18 Å². The van der Waals surface area contributed by atoms with E-state index in [-0.39, 0.29) is 11.8 Å². The van der Waals surface area contributed by atoms with Crippen LogP contribution in [-0.2, 0) is 6.18 Å². The summed E-state index contributed by atoms with van der Waals surface area (Å²) < 4.78 is 37.3. The van der Waals surface area contributed by atoms with Crippen molar-refractivity contribution >= 4 is 17.7 Å². The average molecular weight is 286 g/mol. The van der Waals surface area contributed by atoms with E-state index >= 15 is 0 Å². The zero-order valence-electron chi connectivity index (χ0n) is 9.77. The molecule has 4 nitrogen and oxygen atoms in total. The molecule has 0 spiro atoms. The Labute approximate surface area is 111 Å². The van der Waals surface area contributed by atoms with E-state index in [0.29, 0.717) is 10.7 Å². The third-order valence-corrected chi connectivity index (χ3v) is 2.83. The van der Waals surface area contributed by atoms with Crippen molar-refractivity contribution in [3.05, 3.63) is 29.8 Å². The first-order valence-electron chi connectivity index (χ1n) is 5.13. The molecule has 0 fully saturated rings. The number of benzene rings is 1. The highest BCUT2D eigenvalue weighted by molar-refractivity contribution is 7.98. The zero-order chi connectivity index (χ0) is 14.0. The molecule has 1 aromatic carbocycles. The third kappa shape index (κ3) is 3.14. The minimum atomic E-state index is -4.36. The van der Waals surface area contributed by atoms with Gasteiger partial charge in [-0.05, 0) is 18.4 Å². The summed E-state index contributed by atoms with van der Waals surface area (Å²) in [4.78, 5) is 11.9. The zero-order valence-corrected chi connectivity index (χ0v) is 10.6. The van der Waals surface area contributed by atoms with E-state index in [2.05, 4.69) is 15.0 Å². The summed E-state index contributed by atoms with van der Waals surface area (Å²) in [6.45, 7) is 0. The maximum Gasteiger partial charge on any atom is 0.416 e. The van der Waals surface area contributed by atoms with Crippen molar-refractivity contribution in [3.63, 3.8) is 0 Å². The summed E-state index contributed by atoms with van der Waals surface area (Å²) in [5, 5.41) is 0.419. The van der Waals surface area contributed by atoms with Gasteiger partial charge in [-0.3, -0.25) is 0 Å². The van der Waals surface area contributed by atoms with Gasteiger partial charge in [0.05, 0.1) is 5.56 Å². The summed E-state index contributed by atoms with van der Waals surface area (Å²) in [5.41, 5.74) is 5.25. The van der Waals surface area contributed by atoms with Crippen LogP contribution in [0.4, 0.5) is 19.1 Å². The lowest BCUT2D eigenvalue weighted by atomic mass is 10.1. The Bertz CT molecular complexity index is 583. The molecule has 0 unspecified atom stereocenters. The van der Waals surface area contributed by atoms with Crippen LogP contribution in [0, 0.1) is 0 Å². The molecule has 0 radical (unpaired) electrons. The fourth-order valence-corrected chi connectivity index (χ4v) is 1.76. The lowest BCUT2D eigenvalue weighted by Gasteiger charge is -2.07. The number of rotatable bonds is 2. The van der Waals surface area contributed by atoms with Crippen LogP contribution in [0.2, 0.25) is 0 Å². The van der Waals surface area contributed by atoms with E-state index in [1.807, 2.05) is 0 Å². The summed E-state index contributed by atoms with van der Waals surface area (Å²) in [6.07, 6.45) is -2.59. The van der Waals surface area contributed by atoms with E-state index in [4.69, 9.17) is 5.73 Å². The molecule has 2 aromatic rings. The smallest absolute Gasteiger partial charge is 0.368 e. The van der Waals surface area contributed by atoms with Crippen LogP contribution >= 0.6 is 11.8 Å². The van der Waals surface area contributed by atoms with Crippen molar-refractivity contribution in [2.24, 2.45) is 0 Å². The van der Waals surface area contributed by atoms with Crippen LogP contribution in [0.25, 0.3) is 11.4 Å². The van der Waals surface area contributed by atoms with Crippen molar-refractivity contribution in [2.45, 2.75) is 11.3 Å². The maximum absolute atomic E-state index is 12.4. The Morgan fingerprint density at radius 2 is 1.68 bits per heavy atom. The number of nitrogens with zero attached hydrogens (tertiary/aromatic N) is 3. The number of hydrogen-bond donors (Lipinski definition) is 1. The Morgan fingerprint density at radius 1 is 1.05 bits per heavy atom. The van der Waals surface area contributed by atoms with Crippen LogP contribution < -0.4 is 5.73 Å². The first kappa shape index (κ1) is 13.6. The van der Waals surface area contributed by atoms with E-state index in [9.17, 15) is 13.2 Å². The second kappa shape index (κ2) is 5.04. The maximum atomic E-state index is 12.4. The van der Waals surface area contributed by atoms with E-state index < -0.39 is 11.7 Å². The number of nitrogen functional groups attached to an aromatic ring is 1. The first-order chi connectivity index (χ1) is 8.90. The molecule has 0 saturated carbocycles. The normalized spacial score (nSPS) is 11.6. The molecular formula is C11H9F3N4S. The molecule has 0 saturated heterocycles. The molecule has 8 heteroatoms. The molecule has 0 bridgehead atoms. The molecule has 0 aliphatic heterocycles. The van der Waals surface area contributed by atoms with E-state index in [1.54, 1.807) is 6.26 Å². The predicted octanol–water partition coefficient (Wildman–Crippen LogP) is 2.86. The summed E-state index contributed by atoms with van der Waals surface area (Å²) in [6, 6.07) is 4.57. The fraction of sp³-hybridized carbons (Fsp3) is 0.182. The fourth-order valence-electron chi connectivity index (χ4n) is 1.40. The highest BCUT2D eigenvalue weighted by Gasteiger charge is 2.30. The SMILES string of the molecule is CSc1nc(N)nc(-c2ccc(C(F)(F)F)cc2)n1. The average Bonchev–Trinajstić information content (AvgIpc) is 2.37. The highest BCUT2D eigenvalue weighted by Crippen LogP contribution is 2.30. The first-order valence-corrected chi connectivity index (χ1v) is 6.36. The van der Waals surface area contributed by atoms with Gasteiger partial charge in [-0.1, -0.05) is 23.9 Å². The van der Waals surface area contributed by atoms with Gasteiger partial charge in [0.1, 0.15) is 0 Å². The van der Waals surface area contributed by atoms with Crippen molar-refractivity contribution in [1.82, 2.24) is 15.0 Å². The van der Waals surface area contributed by atoms with E-state index in [0.717, 1.165) is 12.1 Å². The van der Waals surface area contributed by atoms with Gasteiger partial charge in [0, 0.05) is 5.56 Å². The molecule has 0 aliphatic rings. The second-order valence-electron chi connectivity index (χ2n) is 3.58. The Balaban J connectivity index is 2.40. The Morgan fingerprint density at radius 3 is 2.21 bits per heavy atom. The number of anilines is 1. The summed E-state index contributed by atoms with van der Waals surface area (Å²) in [7, 11) is 0. The molecule has 100 valence electrons. The van der Waals surface area contributed by atoms with Gasteiger partial charge < -0.3 is 5.73 Å². The minimum Gasteiger partial charge on any atom is -0.368 e. The highest BCUT2D eigenvalue weighted by atomic mass is 32.2. The number of halogens is 3. The molecule has 1 aromatic heterocycles. The molecule has 2 N–H and O–H groups in total. The van der Waals surface area contributed by atoms with Gasteiger partial charge in [0.2, 0.25) is 5.95 Å². The monoisotopic (exact) mass is 286 g/mol. The molecule has 2 rings (SSSR count). The molecule has 0 amide bonds. The topological polar surface area (TPSA) is 64.7 Å². The minimum absolute atomic E-state index is 0.0363. The largest absolute Gasteiger partial charge is 0.416 e. The number of aromatic nitrogens is 3. The van der Waals surface area contributed by atoms with Crippen LogP contribution in [0.5, 0.6) is 0 Å². The van der Waals surface area contributed by atoms with Crippen molar-refractivity contribution in [3.8, 4) is 11.4 Å². The Kier molecular flexibility index (Phi) is 3.61. The number of alkyl halides is 3. The van der Waals surface area contributed by atoms with Gasteiger partial charge in [-0.2, -0.15) is 23.1 Å². The van der Waals surface area contributed by atoms with E-state index in [1.165, 1.54) is 23.9 Å². The molecule has 0 atom stereocenters. The molecule has 0 aliphatic carbocycles. The molecule has 1 heterocycles. The lowest BCUT2D eigenvalue weighted by Crippen LogP contribution is -2.05. The van der Waals surface area contributed by atoms with Gasteiger partial charge in [0.25, 0.3) is 0 Å². The summed E-state index contributed by atoms with van der Waals surface area (Å²) >= 11 is 1.28. The van der Waals surface area contributed by atoms with Gasteiger partial charge in [-0.25, -0.2) is 4.98 Å². The number of nitrogens with two attached hydrogens (primary N) is 1. The number of thioether (sulfide) groups is 1. The third-order valence-electron chi connectivity index (χ3n) is 2.29. The van der Waals surface area contributed by atoms with Crippen LogP contribution in [-0.4, -0.2) is 21.2 Å². The quantitative estimate of drug-likeness (QED) is 0.860. The van der Waals surface area contributed by atoms with Crippen LogP contribution in [0.3, 0.4) is 0 Å². The molecule has 19 heavy (non-hydrogen) atoms. The summed E-state index contributed by atoms with van der Waals surface area (Å²) in [5.74, 6) is 0.292. The van der Waals surface area contributed by atoms with Crippen LogP contribution in [0.15, 0.2) is 29.4 Å². The van der Waals surface area contributed by atoms with Gasteiger partial charge in [-0.15, -0.1) is 0 Å². The lowest BCUT2D eigenvalue weighted by molar-refractivity contribution is -0.137. The number of hydrogen-bond acceptors (Lipinski definition) is 5. The molecular weight excluding hydrogens is 277 g/mol. The second-order valence-corrected chi connectivity index (χ2v) is 4.35. The van der Waals surface area contributed by atoms with Crippen molar-refractivity contribution in [1.29, 1.82) is 0 Å². The predicted molar refractivity (Wildman–Crippen MR) is 66.5 cm³/mol. The standard InChI is InChI=1S/C11H9F3N4S/c1-19-10-17-8(16-9(15)18-10)6-2-4-7(5-3-6)11(12,13)14/h2-5H,1H3,(H2,15,16,17,18). The van der Waals surface area contributed by atoms with Crippen molar-refractivity contribution < 1.29 is 13.2 Å². The van der Waals surface area contributed by atoms with Gasteiger partial charge in [0.15, 0.2) is 11.0 Å². The Hall–Kier alpha value is -1.83. The van der Waals surface area contributed by atoms with Crippen LogP contribution in [0.1, 0.15) is 5.56 Å². The van der Waals surface area contributed by atoms with Crippen molar-refractivity contribution in [2.75, 3.05) is 12.0 Å².